The monoisotopic (exact) mass is 376 g/mol. The molecule has 0 saturated carbocycles. The number of ether oxygens (including phenoxy) is 2. The molecular formula is C24H28N2O2. The number of para-hydroxylation sites is 2. The first-order valence-corrected chi connectivity index (χ1v) is 9.71. The van der Waals surface area contributed by atoms with Gasteiger partial charge in [0.05, 0.1) is 11.8 Å². The molecule has 3 aromatic carbocycles. The maximum absolute atomic E-state index is 5.99. The van der Waals surface area contributed by atoms with Gasteiger partial charge in [0.1, 0.15) is 18.1 Å². The van der Waals surface area contributed by atoms with Crippen LogP contribution in [0, 0.1) is 0 Å². The molecule has 0 radical (unpaired) electrons. The fraction of sp³-hybridized carbons (Fsp3) is 0.250. The minimum Gasteiger partial charge on any atom is -0.491 e. The molecule has 4 nitrogen and oxygen atoms in total. The molecule has 28 heavy (non-hydrogen) atoms. The molecule has 0 unspecified atom stereocenters. The van der Waals surface area contributed by atoms with Gasteiger partial charge in [-0.15, -0.1) is 0 Å². The van der Waals surface area contributed by atoms with Gasteiger partial charge in [0, 0.05) is 24.8 Å². The van der Waals surface area contributed by atoms with Crippen LogP contribution in [0.4, 0.5) is 11.4 Å². The minimum absolute atomic E-state index is 0.171. The highest BCUT2D eigenvalue weighted by molar-refractivity contribution is 5.56. The van der Waals surface area contributed by atoms with Crippen molar-refractivity contribution in [2.45, 2.75) is 26.6 Å². The Labute approximate surface area is 167 Å². The largest absolute Gasteiger partial charge is 0.491 e. The van der Waals surface area contributed by atoms with E-state index in [0.717, 1.165) is 41.5 Å². The van der Waals surface area contributed by atoms with Crippen LogP contribution in [0.5, 0.6) is 11.5 Å². The van der Waals surface area contributed by atoms with Gasteiger partial charge < -0.3 is 20.1 Å². The van der Waals surface area contributed by atoms with Crippen molar-refractivity contribution in [3.05, 3.63) is 84.4 Å². The van der Waals surface area contributed by atoms with Crippen LogP contribution >= 0.6 is 0 Å². The van der Waals surface area contributed by atoms with Crippen LogP contribution in [-0.4, -0.2) is 19.2 Å². The summed E-state index contributed by atoms with van der Waals surface area (Å²) in [6.45, 7) is 6.18. The highest BCUT2D eigenvalue weighted by Crippen LogP contribution is 2.24. The summed E-state index contributed by atoms with van der Waals surface area (Å²) < 4.78 is 11.7. The van der Waals surface area contributed by atoms with E-state index in [2.05, 4.69) is 22.8 Å². The second-order valence-corrected chi connectivity index (χ2v) is 6.82. The second-order valence-electron chi connectivity index (χ2n) is 6.82. The molecule has 146 valence electrons. The second kappa shape index (κ2) is 10.3. The van der Waals surface area contributed by atoms with E-state index in [0.29, 0.717) is 6.61 Å². The standard InChI is InChI=1S/C24H28N2O2/c1-19(2)28-22-12-8-11-21(17-22)25-15-16-26-23-13-6-7-14-24(23)27-18-20-9-4-3-5-10-20/h3-14,17,19,25-26H,15-16,18H2,1-2H3. The molecule has 3 aromatic rings. The molecule has 0 bridgehead atoms. The molecule has 0 atom stereocenters. The van der Waals surface area contributed by atoms with Crippen LogP contribution in [0.25, 0.3) is 0 Å². The van der Waals surface area contributed by atoms with E-state index < -0.39 is 0 Å². The van der Waals surface area contributed by atoms with Crippen LogP contribution in [-0.2, 0) is 6.61 Å². The number of benzene rings is 3. The van der Waals surface area contributed by atoms with Gasteiger partial charge in [0.15, 0.2) is 0 Å². The third-order valence-electron chi connectivity index (χ3n) is 4.10. The van der Waals surface area contributed by atoms with Crippen LogP contribution in [0.1, 0.15) is 19.4 Å². The van der Waals surface area contributed by atoms with Gasteiger partial charge in [-0.2, -0.15) is 0 Å². The Morgan fingerprint density at radius 1 is 0.786 bits per heavy atom. The average molecular weight is 377 g/mol. The zero-order chi connectivity index (χ0) is 19.6. The maximum atomic E-state index is 5.99. The highest BCUT2D eigenvalue weighted by atomic mass is 16.5. The van der Waals surface area contributed by atoms with Gasteiger partial charge in [-0.1, -0.05) is 48.5 Å². The minimum atomic E-state index is 0.171. The van der Waals surface area contributed by atoms with E-state index in [9.17, 15) is 0 Å². The van der Waals surface area contributed by atoms with Crippen molar-refractivity contribution in [2.75, 3.05) is 23.7 Å². The van der Waals surface area contributed by atoms with Crippen molar-refractivity contribution in [3.8, 4) is 11.5 Å². The van der Waals surface area contributed by atoms with Crippen molar-refractivity contribution in [1.82, 2.24) is 0 Å². The Hall–Kier alpha value is -3.14. The van der Waals surface area contributed by atoms with Gasteiger partial charge in [-0.3, -0.25) is 0 Å². The number of hydrogen-bond acceptors (Lipinski definition) is 4. The van der Waals surface area contributed by atoms with Crippen molar-refractivity contribution in [3.63, 3.8) is 0 Å². The zero-order valence-corrected chi connectivity index (χ0v) is 16.5. The molecule has 2 N–H and O–H groups in total. The maximum Gasteiger partial charge on any atom is 0.142 e. The average Bonchev–Trinajstić information content (AvgIpc) is 2.71. The lowest BCUT2D eigenvalue weighted by molar-refractivity contribution is 0.242. The number of nitrogens with one attached hydrogen (secondary N) is 2. The summed E-state index contributed by atoms with van der Waals surface area (Å²) in [7, 11) is 0. The lowest BCUT2D eigenvalue weighted by atomic mass is 10.2. The quantitative estimate of drug-likeness (QED) is 0.454. The molecule has 0 aliphatic rings. The highest BCUT2D eigenvalue weighted by Gasteiger charge is 2.03. The van der Waals surface area contributed by atoms with Gasteiger partial charge in [-0.25, -0.2) is 0 Å². The van der Waals surface area contributed by atoms with Gasteiger partial charge in [0.25, 0.3) is 0 Å². The third-order valence-corrected chi connectivity index (χ3v) is 4.10. The fourth-order valence-electron chi connectivity index (χ4n) is 2.83. The smallest absolute Gasteiger partial charge is 0.142 e. The molecule has 0 aromatic heterocycles. The number of anilines is 2. The summed E-state index contributed by atoms with van der Waals surface area (Å²) >= 11 is 0. The van der Waals surface area contributed by atoms with Crippen molar-refractivity contribution < 1.29 is 9.47 Å². The predicted molar refractivity (Wildman–Crippen MR) is 116 cm³/mol. The summed E-state index contributed by atoms with van der Waals surface area (Å²) in [5.74, 6) is 1.74. The Balaban J connectivity index is 1.48. The van der Waals surface area contributed by atoms with E-state index in [-0.39, 0.29) is 6.10 Å². The summed E-state index contributed by atoms with van der Waals surface area (Å²) in [5, 5.41) is 6.87. The lowest BCUT2D eigenvalue weighted by Crippen LogP contribution is -2.14. The van der Waals surface area contributed by atoms with Crippen LogP contribution in [0.2, 0.25) is 0 Å². The van der Waals surface area contributed by atoms with Crippen LogP contribution < -0.4 is 20.1 Å². The number of rotatable bonds is 10. The Morgan fingerprint density at radius 3 is 2.36 bits per heavy atom. The van der Waals surface area contributed by atoms with Crippen molar-refractivity contribution in [2.24, 2.45) is 0 Å². The summed E-state index contributed by atoms with van der Waals surface area (Å²) in [5.41, 5.74) is 3.20. The summed E-state index contributed by atoms with van der Waals surface area (Å²) in [4.78, 5) is 0. The molecular weight excluding hydrogens is 348 g/mol. The summed E-state index contributed by atoms with van der Waals surface area (Å²) in [6.07, 6.45) is 0.171. The molecule has 3 rings (SSSR count). The van der Waals surface area contributed by atoms with E-state index in [4.69, 9.17) is 9.47 Å². The summed E-state index contributed by atoms with van der Waals surface area (Å²) in [6, 6.07) is 26.3. The molecule has 4 heteroatoms. The zero-order valence-electron chi connectivity index (χ0n) is 16.5. The van der Waals surface area contributed by atoms with Gasteiger partial charge in [0.2, 0.25) is 0 Å². The molecule has 0 fully saturated rings. The van der Waals surface area contributed by atoms with E-state index in [1.807, 2.05) is 80.6 Å². The molecule has 0 aliphatic heterocycles. The Morgan fingerprint density at radius 2 is 1.54 bits per heavy atom. The van der Waals surface area contributed by atoms with E-state index >= 15 is 0 Å². The first kappa shape index (κ1) is 19.6. The van der Waals surface area contributed by atoms with Crippen molar-refractivity contribution in [1.29, 1.82) is 0 Å². The third kappa shape index (κ3) is 6.23. The van der Waals surface area contributed by atoms with Crippen LogP contribution in [0.15, 0.2) is 78.9 Å². The predicted octanol–water partition coefficient (Wildman–Crippen LogP) is 5.58. The molecule has 0 saturated heterocycles. The SMILES string of the molecule is CC(C)Oc1cccc(NCCNc2ccccc2OCc2ccccc2)c1. The molecule has 0 spiro atoms. The fourth-order valence-corrected chi connectivity index (χ4v) is 2.83. The molecule has 0 amide bonds. The number of hydrogen-bond donors (Lipinski definition) is 2. The Bertz CT molecular complexity index is 850. The van der Waals surface area contributed by atoms with E-state index in [1.165, 1.54) is 0 Å². The van der Waals surface area contributed by atoms with Gasteiger partial charge in [-0.05, 0) is 43.7 Å². The lowest BCUT2D eigenvalue weighted by Gasteiger charge is -2.15. The molecule has 0 heterocycles. The van der Waals surface area contributed by atoms with Gasteiger partial charge >= 0.3 is 0 Å². The normalized spacial score (nSPS) is 10.5. The Kier molecular flexibility index (Phi) is 7.19. The van der Waals surface area contributed by atoms with Crippen LogP contribution in [0.3, 0.4) is 0 Å². The first-order chi connectivity index (χ1) is 13.7. The first-order valence-electron chi connectivity index (χ1n) is 9.71. The van der Waals surface area contributed by atoms with E-state index in [1.54, 1.807) is 0 Å². The topological polar surface area (TPSA) is 42.5 Å². The van der Waals surface area contributed by atoms with Crippen molar-refractivity contribution >= 4 is 11.4 Å². The molecule has 0 aliphatic carbocycles.